The maximum Gasteiger partial charge on any atom is 0.271 e. The molecule has 2 aromatic rings. The molecule has 0 saturated carbocycles. The lowest BCUT2D eigenvalue weighted by Crippen LogP contribution is -2.37. The van der Waals surface area contributed by atoms with Crippen LogP contribution in [0.4, 0.5) is 20.2 Å². The number of hydrogen-bond donors (Lipinski definition) is 3. The Balaban J connectivity index is 1.87. The van der Waals surface area contributed by atoms with Gasteiger partial charge in [-0.15, -0.1) is 0 Å². The number of rotatable bonds is 7. The summed E-state index contributed by atoms with van der Waals surface area (Å²) in [5.74, 6) is -2.62. The number of non-ortho nitro benzene ring substituents is 1. The van der Waals surface area contributed by atoms with E-state index in [1.165, 1.54) is 12.1 Å². The molecule has 0 aliphatic carbocycles. The van der Waals surface area contributed by atoms with E-state index < -0.39 is 28.4 Å². The van der Waals surface area contributed by atoms with Gasteiger partial charge in [-0.2, -0.15) is 0 Å². The molecule has 0 heterocycles. The Kier molecular flexibility index (Phi) is 6.15. The van der Waals surface area contributed by atoms with Gasteiger partial charge in [0.1, 0.15) is 11.6 Å². The number of hydrogen-bond acceptors (Lipinski definition) is 5. The van der Waals surface area contributed by atoms with Crippen LogP contribution in [-0.4, -0.2) is 16.7 Å². The van der Waals surface area contributed by atoms with Crippen LogP contribution in [0.25, 0.3) is 0 Å². The first-order valence-electron chi connectivity index (χ1n) is 7.50. The number of anilines is 1. The first-order chi connectivity index (χ1) is 12.8. The van der Waals surface area contributed by atoms with Crippen LogP contribution in [0.15, 0.2) is 54.7 Å². The van der Waals surface area contributed by atoms with Crippen molar-refractivity contribution in [2.75, 3.05) is 5.32 Å². The van der Waals surface area contributed by atoms with Crippen LogP contribution < -0.4 is 16.2 Å². The van der Waals surface area contributed by atoms with Gasteiger partial charge in [0.15, 0.2) is 0 Å². The summed E-state index contributed by atoms with van der Waals surface area (Å²) >= 11 is 0. The molecule has 0 aromatic heterocycles. The lowest BCUT2D eigenvalue weighted by Gasteiger charge is -2.11. The van der Waals surface area contributed by atoms with Crippen molar-refractivity contribution < 1.29 is 23.3 Å². The predicted molar refractivity (Wildman–Crippen MR) is 92.4 cm³/mol. The molecule has 2 aromatic carbocycles. The summed E-state index contributed by atoms with van der Waals surface area (Å²) in [7, 11) is 0. The number of nitro benzene ring substituents is 1. The lowest BCUT2D eigenvalue weighted by molar-refractivity contribution is -0.384. The fraction of sp³-hybridized carbons (Fsp3) is 0.0588. The second kappa shape index (κ2) is 8.52. The maximum absolute atomic E-state index is 13.6. The molecule has 0 atom stereocenters. The van der Waals surface area contributed by atoms with Gasteiger partial charge in [-0.25, -0.2) is 8.78 Å². The van der Waals surface area contributed by atoms with Gasteiger partial charge in [-0.1, -0.05) is 6.58 Å². The summed E-state index contributed by atoms with van der Waals surface area (Å²) in [4.78, 5) is 33.7. The van der Waals surface area contributed by atoms with Crippen LogP contribution in [0.3, 0.4) is 0 Å². The van der Waals surface area contributed by atoms with E-state index in [9.17, 15) is 28.5 Å². The summed E-state index contributed by atoms with van der Waals surface area (Å²) < 4.78 is 26.5. The molecular formula is C17H14F2N4O4. The largest absolute Gasteiger partial charge is 0.323 e. The minimum absolute atomic E-state index is 0.0776. The molecule has 0 saturated heterocycles. The summed E-state index contributed by atoms with van der Waals surface area (Å²) in [6.07, 6.45) is -0.341. The van der Waals surface area contributed by atoms with Crippen molar-refractivity contribution in [1.82, 2.24) is 10.9 Å². The van der Waals surface area contributed by atoms with Crippen LogP contribution in [0.5, 0.6) is 0 Å². The van der Waals surface area contributed by atoms with E-state index >= 15 is 0 Å². The SMILES string of the molecule is C=C(CC(=O)Nc1cc([N+](=O)[O-])ccc1F)NNC(=O)c1ccc(F)cc1. The fourth-order valence-corrected chi connectivity index (χ4v) is 1.97. The van der Waals surface area contributed by atoms with Gasteiger partial charge in [0.25, 0.3) is 11.6 Å². The molecule has 3 N–H and O–H groups in total. The molecule has 10 heteroatoms. The van der Waals surface area contributed by atoms with Crippen molar-refractivity contribution in [3.63, 3.8) is 0 Å². The zero-order valence-electron chi connectivity index (χ0n) is 13.8. The fourth-order valence-electron chi connectivity index (χ4n) is 1.97. The van der Waals surface area contributed by atoms with Crippen molar-refractivity contribution >= 4 is 23.2 Å². The molecular weight excluding hydrogens is 362 g/mol. The van der Waals surface area contributed by atoms with Crippen molar-refractivity contribution in [1.29, 1.82) is 0 Å². The van der Waals surface area contributed by atoms with E-state index in [0.29, 0.717) is 0 Å². The number of nitrogens with zero attached hydrogens (tertiary/aromatic N) is 1. The minimum Gasteiger partial charge on any atom is -0.323 e. The first-order valence-corrected chi connectivity index (χ1v) is 7.50. The monoisotopic (exact) mass is 376 g/mol. The standard InChI is InChI=1S/C17H14F2N4O4/c1-10(21-22-17(25)11-2-4-12(18)5-3-11)8-16(24)20-15-9-13(23(26)27)6-7-14(15)19/h2-7,9,21H,1,8H2,(H,20,24)(H,22,25). The number of carbonyl (C=O) groups excluding carboxylic acids is 2. The molecule has 0 fully saturated rings. The van der Waals surface area contributed by atoms with Crippen molar-refractivity contribution in [2.24, 2.45) is 0 Å². The quantitative estimate of drug-likeness (QED) is 0.508. The molecule has 0 unspecified atom stereocenters. The molecule has 2 amide bonds. The summed E-state index contributed by atoms with van der Waals surface area (Å²) in [5.41, 5.74) is 4.20. The van der Waals surface area contributed by atoms with E-state index in [1.807, 2.05) is 0 Å². The van der Waals surface area contributed by atoms with Crippen LogP contribution in [0.2, 0.25) is 0 Å². The maximum atomic E-state index is 13.6. The third kappa shape index (κ3) is 5.59. The Hall–Kier alpha value is -3.82. The number of benzene rings is 2. The number of nitrogens with one attached hydrogen (secondary N) is 3. The topological polar surface area (TPSA) is 113 Å². The van der Waals surface area contributed by atoms with Gasteiger partial charge in [0.05, 0.1) is 17.0 Å². The van der Waals surface area contributed by atoms with E-state index in [1.54, 1.807) is 0 Å². The molecule has 2 rings (SSSR count). The Labute approximate surface area is 152 Å². The van der Waals surface area contributed by atoms with Crippen molar-refractivity contribution in [3.05, 3.63) is 82.1 Å². The van der Waals surface area contributed by atoms with Crippen LogP contribution in [0, 0.1) is 21.7 Å². The summed E-state index contributed by atoms with van der Waals surface area (Å²) in [6.45, 7) is 3.54. The van der Waals surface area contributed by atoms with Gasteiger partial charge in [0, 0.05) is 23.4 Å². The predicted octanol–water partition coefficient (Wildman–Crippen LogP) is 2.65. The molecule has 8 nitrogen and oxygen atoms in total. The van der Waals surface area contributed by atoms with E-state index in [0.717, 1.165) is 30.3 Å². The van der Waals surface area contributed by atoms with Gasteiger partial charge < -0.3 is 10.7 Å². The van der Waals surface area contributed by atoms with Crippen LogP contribution >= 0.6 is 0 Å². The third-order valence-electron chi connectivity index (χ3n) is 3.27. The zero-order valence-corrected chi connectivity index (χ0v) is 13.8. The minimum atomic E-state index is -0.836. The number of carbonyl (C=O) groups is 2. The second-order valence-electron chi connectivity index (χ2n) is 5.34. The molecule has 0 aliphatic rings. The molecule has 0 radical (unpaired) electrons. The van der Waals surface area contributed by atoms with Gasteiger partial charge >= 0.3 is 0 Å². The Morgan fingerprint density at radius 3 is 2.37 bits per heavy atom. The normalized spacial score (nSPS) is 10.0. The van der Waals surface area contributed by atoms with E-state index in [-0.39, 0.29) is 29.1 Å². The highest BCUT2D eigenvalue weighted by Gasteiger charge is 2.14. The number of amides is 2. The summed E-state index contributed by atoms with van der Waals surface area (Å²) in [5, 5.41) is 12.9. The Bertz CT molecular complexity index is 900. The zero-order chi connectivity index (χ0) is 20.0. The van der Waals surface area contributed by atoms with Gasteiger partial charge in [0.2, 0.25) is 5.91 Å². The average molecular weight is 376 g/mol. The summed E-state index contributed by atoms with van der Waals surface area (Å²) in [6, 6.07) is 7.50. The third-order valence-corrected chi connectivity index (χ3v) is 3.27. The number of hydrazine groups is 1. The van der Waals surface area contributed by atoms with Crippen LogP contribution in [0.1, 0.15) is 16.8 Å². The molecule has 0 aliphatic heterocycles. The Morgan fingerprint density at radius 1 is 1.07 bits per heavy atom. The highest BCUT2D eigenvalue weighted by molar-refractivity contribution is 5.94. The molecule has 0 bridgehead atoms. The van der Waals surface area contributed by atoms with E-state index in [2.05, 4.69) is 22.7 Å². The number of halogens is 2. The lowest BCUT2D eigenvalue weighted by atomic mass is 10.2. The van der Waals surface area contributed by atoms with Gasteiger partial charge in [-0.05, 0) is 30.3 Å². The number of nitro groups is 1. The molecule has 0 spiro atoms. The highest BCUT2D eigenvalue weighted by Crippen LogP contribution is 2.21. The second-order valence-corrected chi connectivity index (χ2v) is 5.34. The smallest absolute Gasteiger partial charge is 0.271 e. The molecule has 27 heavy (non-hydrogen) atoms. The van der Waals surface area contributed by atoms with Crippen molar-refractivity contribution in [2.45, 2.75) is 6.42 Å². The van der Waals surface area contributed by atoms with Crippen LogP contribution in [-0.2, 0) is 4.79 Å². The van der Waals surface area contributed by atoms with Gasteiger partial charge in [-0.3, -0.25) is 25.1 Å². The first kappa shape index (κ1) is 19.5. The van der Waals surface area contributed by atoms with Crippen molar-refractivity contribution in [3.8, 4) is 0 Å². The van der Waals surface area contributed by atoms with E-state index in [4.69, 9.17) is 0 Å². The molecule has 140 valence electrons. The Morgan fingerprint density at radius 2 is 1.74 bits per heavy atom. The average Bonchev–Trinajstić information content (AvgIpc) is 2.62. The highest BCUT2D eigenvalue weighted by atomic mass is 19.1.